The van der Waals surface area contributed by atoms with E-state index in [0.717, 1.165) is 12.4 Å². The van der Waals surface area contributed by atoms with Crippen LogP contribution in [0.2, 0.25) is 0 Å². The van der Waals surface area contributed by atoms with Crippen LogP contribution in [-0.4, -0.2) is 28.1 Å². The van der Waals surface area contributed by atoms with Crippen molar-refractivity contribution in [3.63, 3.8) is 0 Å². The van der Waals surface area contributed by atoms with Gasteiger partial charge in [-0.3, -0.25) is 0 Å². The largest absolute Gasteiger partial charge is 0.470 e. The van der Waals surface area contributed by atoms with Gasteiger partial charge in [-0.25, -0.2) is 0 Å². The van der Waals surface area contributed by atoms with Gasteiger partial charge >= 0.3 is 0 Å². The van der Waals surface area contributed by atoms with E-state index < -0.39 is 0 Å². The fourth-order valence-electron chi connectivity index (χ4n) is 1.95. The highest BCUT2D eigenvalue weighted by molar-refractivity contribution is 8.00. The number of anilines is 2. The van der Waals surface area contributed by atoms with E-state index in [9.17, 15) is 0 Å². The monoisotopic (exact) mass is 281 g/mol. The van der Waals surface area contributed by atoms with E-state index in [1.54, 1.807) is 0 Å². The molecule has 0 bridgehead atoms. The predicted octanol–water partition coefficient (Wildman–Crippen LogP) is 3.15. The smallest absolute Gasteiger partial charge is 0.239 e. The van der Waals surface area contributed by atoms with Crippen LogP contribution >= 0.6 is 11.8 Å². The number of pyridine rings is 1. The maximum absolute atomic E-state index is 5.90. The summed E-state index contributed by atoms with van der Waals surface area (Å²) in [7, 11) is 0. The number of nitrogen functional groups attached to an aromatic ring is 1. The van der Waals surface area contributed by atoms with Crippen LogP contribution in [0.25, 0.3) is 0 Å². The average molecular weight is 281 g/mol. The molecule has 0 spiro atoms. The molecule has 1 saturated heterocycles. The number of hydrogen-bond acceptors (Lipinski definition) is 5. The molecule has 5 heteroatoms. The van der Waals surface area contributed by atoms with E-state index in [1.807, 2.05) is 44.7 Å². The van der Waals surface area contributed by atoms with E-state index in [1.165, 1.54) is 18.6 Å². The van der Waals surface area contributed by atoms with Crippen molar-refractivity contribution >= 4 is 23.3 Å². The van der Waals surface area contributed by atoms with E-state index in [-0.39, 0.29) is 5.60 Å². The minimum Gasteiger partial charge on any atom is -0.470 e. The normalized spacial score (nSPS) is 19.4. The van der Waals surface area contributed by atoms with Gasteiger partial charge in [0.05, 0.1) is 5.69 Å². The summed E-state index contributed by atoms with van der Waals surface area (Å²) in [5.74, 6) is 2.62. The number of hydrogen-bond donors (Lipinski definition) is 2. The van der Waals surface area contributed by atoms with Crippen molar-refractivity contribution in [2.45, 2.75) is 44.5 Å². The van der Waals surface area contributed by atoms with Gasteiger partial charge in [0.2, 0.25) is 5.88 Å². The quantitative estimate of drug-likeness (QED) is 0.888. The molecule has 4 nitrogen and oxygen atoms in total. The Hall–Kier alpha value is -1.10. The van der Waals surface area contributed by atoms with Crippen LogP contribution in [0.5, 0.6) is 5.88 Å². The maximum Gasteiger partial charge on any atom is 0.239 e. The summed E-state index contributed by atoms with van der Waals surface area (Å²) in [6.07, 6.45) is 2.61. The molecule has 0 aromatic carbocycles. The van der Waals surface area contributed by atoms with E-state index >= 15 is 0 Å². The topological polar surface area (TPSA) is 60.2 Å². The molecule has 3 N–H and O–H groups in total. The fraction of sp³-hybridized carbons (Fsp3) is 0.643. The minimum absolute atomic E-state index is 0.291. The highest BCUT2D eigenvalue weighted by Crippen LogP contribution is 2.28. The zero-order valence-corrected chi connectivity index (χ0v) is 12.7. The molecule has 1 aromatic rings. The van der Waals surface area contributed by atoms with Gasteiger partial charge in [-0.15, -0.1) is 0 Å². The molecule has 0 radical (unpaired) electrons. The Kier molecular flexibility index (Phi) is 4.45. The number of rotatable bonds is 4. The molecule has 19 heavy (non-hydrogen) atoms. The summed E-state index contributed by atoms with van der Waals surface area (Å²) in [4.78, 5) is 4.45. The zero-order valence-electron chi connectivity index (χ0n) is 11.9. The van der Waals surface area contributed by atoms with Crippen LogP contribution < -0.4 is 15.8 Å². The first-order valence-corrected chi connectivity index (χ1v) is 7.80. The molecule has 0 aliphatic carbocycles. The van der Waals surface area contributed by atoms with Crippen molar-refractivity contribution in [2.75, 3.05) is 23.3 Å². The second-order valence-corrected chi connectivity index (χ2v) is 7.23. The molecule has 1 aromatic heterocycles. The van der Waals surface area contributed by atoms with E-state index in [2.05, 4.69) is 10.3 Å². The van der Waals surface area contributed by atoms with E-state index in [0.29, 0.717) is 16.8 Å². The van der Waals surface area contributed by atoms with Crippen molar-refractivity contribution in [2.24, 2.45) is 0 Å². The summed E-state index contributed by atoms with van der Waals surface area (Å²) in [6, 6.07) is 3.75. The van der Waals surface area contributed by atoms with Gasteiger partial charge in [0.1, 0.15) is 11.4 Å². The van der Waals surface area contributed by atoms with Crippen LogP contribution in [-0.2, 0) is 0 Å². The molecule has 0 amide bonds. The van der Waals surface area contributed by atoms with Gasteiger partial charge in [0, 0.05) is 11.8 Å². The van der Waals surface area contributed by atoms with Gasteiger partial charge in [-0.2, -0.15) is 16.7 Å². The van der Waals surface area contributed by atoms with Crippen molar-refractivity contribution in [3.05, 3.63) is 12.1 Å². The van der Waals surface area contributed by atoms with Gasteiger partial charge in [-0.1, -0.05) is 0 Å². The molecule has 0 saturated carbocycles. The fourth-order valence-corrected chi connectivity index (χ4v) is 3.15. The highest BCUT2D eigenvalue weighted by Gasteiger charge is 2.17. The maximum atomic E-state index is 5.90. The SMILES string of the molecule is CC(C)(C)Oc1nc(NCC2CCCS2)ccc1N. The molecule has 106 valence electrons. The lowest BCUT2D eigenvalue weighted by atomic mass is 10.2. The molecular weight excluding hydrogens is 258 g/mol. The lowest BCUT2D eigenvalue weighted by molar-refractivity contribution is 0.125. The Labute approximate surface area is 119 Å². The number of nitrogens with zero attached hydrogens (tertiary/aromatic N) is 1. The standard InChI is InChI=1S/C14H23N3OS/c1-14(2,3)18-13-11(15)6-7-12(17-13)16-9-10-5-4-8-19-10/h6-7,10H,4-5,8-9,15H2,1-3H3,(H,16,17). The molecule has 1 unspecified atom stereocenters. The average Bonchev–Trinajstić information content (AvgIpc) is 2.81. The number of nitrogens with two attached hydrogens (primary N) is 1. The van der Waals surface area contributed by atoms with Gasteiger partial charge in [0.15, 0.2) is 0 Å². The molecule has 2 heterocycles. The Balaban J connectivity index is 1.99. The third-order valence-corrected chi connectivity index (χ3v) is 4.23. The molecule has 2 rings (SSSR count). The minimum atomic E-state index is -0.291. The molecule has 1 fully saturated rings. The summed E-state index contributed by atoms with van der Waals surface area (Å²) in [6.45, 7) is 6.92. The van der Waals surface area contributed by atoms with Crippen molar-refractivity contribution in [1.82, 2.24) is 4.98 Å². The van der Waals surface area contributed by atoms with E-state index in [4.69, 9.17) is 10.5 Å². The number of aromatic nitrogens is 1. The third-order valence-electron chi connectivity index (χ3n) is 2.83. The summed E-state index contributed by atoms with van der Waals surface area (Å²) < 4.78 is 5.76. The van der Waals surface area contributed by atoms with Crippen molar-refractivity contribution in [3.8, 4) is 5.88 Å². The third kappa shape index (κ3) is 4.49. The Morgan fingerprint density at radius 3 is 2.89 bits per heavy atom. The van der Waals surface area contributed by atoms with Crippen LogP contribution in [0.4, 0.5) is 11.5 Å². The molecule has 1 aliphatic heterocycles. The molecular formula is C14H23N3OS. The number of ether oxygens (including phenoxy) is 1. The Morgan fingerprint density at radius 2 is 2.26 bits per heavy atom. The first-order chi connectivity index (χ1) is 8.94. The predicted molar refractivity (Wildman–Crippen MR) is 83.0 cm³/mol. The second kappa shape index (κ2) is 5.90. The summed E-state index contributed by atoms with van der Waals surface area (Å²) >= 11 is 2.03. The summed E-state index contributed by atoms with van der Waals surface area (Å²) in [5.41, 5.74) is 6.18. The molecule has 1 aliphatic rings. The Bertz CT molecular complexity index is 425. The van der Waals surface area contributed by atoms with Crippen molar-refractivity contribution < 1.29 is 4.74 Å². The first-order valence-electron chi connectivity index (χ1n) is 6.75. The summed E-state index contributed by atoms with van der Waals surface area (Å²) in [5, 5.41) is 4.07. The van der Waals surface area contributed by atoms with Crippen LogP contribution in [0.1, 0.15) is 33.6 Å². The Morgan fingerprint density at radius 1 is 1.47 bits per heavy atom. The lowest BCUT2D eigenvalue weighted by Gasteiger charge is -2.22. The van der Waals surface area contributed by atoms with Crippen LogP contribution in [0, 0.1) is 0 Å². The number of nitrogens with one attached hydrogen (secondary N) is 1. The van der Waals surface area contributed by atoms with Crippen LogP contribution in [0.3, 0.4) is 0 Å². The first kappa shape index (κ1) is 14.3. The molecule has 1 atom stereocenters. The van der Waals surface area contributed by atoms with Crippen LogP contribution in [0.15, 0.2) is 12.1 Å². The highest BCUT2D eigenvalue weighted by atomic mass is 32.2. The van der Waals surface area contributed by atoms with Crippen molar-refractivity contribution in [1.29, 1.82) is 0 Å². The number of thioether (sulfide) groups is 1. The second-order valence-electron chi connectivity index (χ2n) is 5.82. The zero-order chi connectivity index (χ0) is 13.9. The van der Waals surface area contributed by atoms with Gasteiger partial charge in [-0.05, 0) is 51.5 Å². The van der Waals surface area contributed by atoms with Gasteiger partial charge < -0.3 is 15.8 Å². The lowest BCUT2D eigenvalue weighted by Crippen LogP contribution is -2.24. The van der Waals surface area contributed by atoms with Gasteiger partial charge in [0.25, 0.3) is 0 Å².